The van der Waals surface area contributed by atoms with Gasteiger partial charge < -0.3 is 0 Å². The summed E-state index contributed by atoms with van der Waals surface area (Å²) in [7, 11) is 1.79. The minimum atomic E-state index is -0.0113. The van der Waals surface area contributed by atoms with Crippen LogP contribution in [0.5, 0.6) is 0 Å². The number of rotatable bonds is 3. The highest BCUT2D eigenvalue weighted by molar-refractivity contribution is 6.08. The number of carbonyl (C=O) groups excluding carboxylic acids is 1. The Morgan fingerprint density at radius 3 is 2.20 bits per heavy atom. The Morgan fingerprint density at radius 2 is 1.55 bits per heavy atom. The summed E-state index contributed by atoms with van der Waals surface area (Å²) in [6.07, 6.45) is 0. The van der Waals surface area contributed by atoms with Crippen LogP contribution in [-0.4, -0.2) is 15.6 Å². The van der Waals surface area contributed by atoms with Crippen molar-refractivity contribution >= 4 is 5.78 Å². The maximum Gasteiger partial charge on any atom is 0.211 e. The van der Waals surface area contributed by atoms with Crippen LogP contribution in [0.15, 0.2) is 66.7 Å². The topological polar surface area (TPSA) is 34.9 Å². The number of benzene rings is 2. The van der Waals surface area contributed by atoms with Gasteiger partial charge in [0.1, 0.15) is 5.69 Å². The summed E-state index contributed by atoms with van der Waals surface area (Å²) >= 11 is 0. The molecule has 0 aliphatic heterocycles. The Balaban J connectivity index is 2.00. The molecular weight excluding hydrogens is 248 g/mol. The zero-order valence-electron chi connectivity index (χ0n) is 11.2. The van der Waals surface area contributed by atoms with Crippen LogP contribution >= 0.6 is 0 Å². The average molecular weight is 262 g/mol. The van der Waals surface area contributed by atoms with Gasteiger partial charge in [0.05, 0.1) is 5.69 Å². The van der Waals surface area contributed by atoms with E-state index in [-0.39, 0.29) is 5.78 Å². The number of nitrogens with zero attached hydrogens (tertiary/aromatic N) is 2. The van der Waals surface area contributed by atoms with Crippen molar-refractivity contribution in [3.05, 3.63) is 78.0 Å². The highest BCUT2D eigenvalue weighted by atomic mass is 16.1. The lowest BCUT2D eigenvalue weighted by Gasteiger charge is -2.00. The summed E-state index contributed by atoms with van der Waals surface area (Å²) in [6, 6.07) is 20.9. The van der Waals surface area contributed by atoms with Gasteiger partial charge in [-0.3, -0.25) is 9.48 Å². The molecule has 0 saturated heterocycles. The van der Waals surface area contributed by atoms with Gasteiger partial charge in [-0.2, -0.15) is 5.10 Å². The monoisotopic (exact) mass is 262 g/mol. The summed E-state index contributed by atoms with van der Waals surface area (Å²) in [5, 5.41) is 4.42. The first-order chi connectivity index (χ1) is 9.75. The molecule has 0 bridgehead atoms. The zero-order chi connectivity index (χ0) is 13.9. The lowest BCUT2D eigenvalue weighted by molar-refractivity contribution is 0.103. The Bertz CT molecular complexity index is 730. The van der Waals surface area contributed by atoms with E-state index in [1.54, 1.807) is 11.7 Å². The second-order valence-electron chi connectivity index (χ2n) is 4.60. The van der Waals surface area contributed by atoms with Crippen LogP contribution in [0.2, 0.25) is 0 Å². The number of ketones is 1. The second kappa shape index (κ2) is 5.13. The van der Waals surface area contributed by atoms with Crippen LogP contribution in [0.1, 0.15) is 16.1 Å². The number of aryl methyl sites for hydroxylation is 1. The van der Waals surface area contributed by atoms with Crippen LogP contribution in [0.25, 0.3) is 11.3 Å². The van der Waals surface area contributed by atoms with E-state index in [1.165, 1.54) is 0 Å². The van der Waals surface area contributed by atoms with E-state index in [4.69, 9.17) is 0 Å². The molecule has 3 rings (SSSR count). The molecule has 0 aliphatic rings. The largest absolute Gasteiger partial charge is 0.287 e. The molecule has 0 spiro atoms. The Morgan fingerprint density at radius 1 is 0.950 bits per heavy atom. The highest BCUT2D eigenvalue weighted by Gasteiger charge is 2.15. The van der Waals surface area contributed by atoms with E-state index >= 15 is 0 Å². The molecule has 0 aliphatic carbocycles. The first-order valence-electron chi connectivity index (χ1n) is 6.45. The van der Waals surface area contributed by atoms with Gasteiger partial charge >= 0.3 is 0 Å². The van der Waals surface area contributed by atoms with Crippen molar-refractivity contribution in [3.8, 4) is 11.3 Å². The van der Waals surface area contributed by atoms with Gasteiger partial charge in [0.15, 0.2) is 0 Å². The summed E-state index contributed by atoms with van der Waals surface area (Å²) in [5.74, 6) is -0.0113. The molecule has 98 valence electrons. The summed E-state index contributed by atoms with van der Waals surface area (Å²) in [5.41, 5.74) is 3.09. The van der Waals surface area contributed by atoms with Gasteiger partial charge in [-0.05, 0) is 6.07 Å². The fourth-order valence-corrected chi connectivity index (χ4v) is 2.17. The van der Waals surface area contributed by atoms with Crippen molar-refractivity contribution in [1.82, 2.24) is 9.78 Å². The predicted molar refractivity (Wildman–Crippen MR) is 78.5 cm³/mol. The molecule has 0 N–H and O–H groups in total. The SMILES string of the molecule is Cn1nc(-c2ccccc2)cc1C(=O)c1ccccc1. The Hall–Kier alpha value is -2.68. The van der Waals surface area contributed by atoms with E-state index < -0.39 is 0 Å². The van der Waals surface area contributed by atoms with E-state index in [1.807, 2.05) is 66.7 Å². The number of aromatic nitrogens is 2. The molecule has 20 heavy (non-hydrogen) atoms. The van der Waals surface area contributed by atoms with Gasteiger partial charge in [0, 0.05) is 18.2 Å². The van der Waals surface area contributed by atoms with Crippen LogP contribution in [0, 0.1) is 0 Å². The van der Waals surface area contributed by atoms with Crippen LogP contribution in [0.4, 0.5) is 0 Å². The molecule has 0 radical (unpaired) electrons. The third-order valence-electron chi connectivity index (χ3n) is 3.22. The van der Waals surface area contributed by atoms with Crippen LogP contribution in [0.3, 0.4) is 0 Å². The van der Waals surface area contributed by atoms with Crippen molar-refractivity contribution in [3.63, 3.8) is 0 Å². The lowest BCUT2D eigenvalue weighted by Crippen LogP contribution is -2.07. The maximum atomic E-state index is 12.5. The molecule has 2 aromatic carbocycles. The predicted octanol–water partition coefficient (Wildman–Crippen LogP) is 3.32. The number of hydrogen-bond acceptors (Lipinski definition) is 2. The first-order valence-corrected chi connectivity index (χ1v) is 6.45. The van der Waals surface area contributed by atoms with Gasteiger partial charge in [0.2, 0.25) is 5.78 Å². The highest BCUT2D eigenvalue weighted by Crippen LogP contribution is 2.20. The normalized spacial score (nSPS) is 10.4. The smallest absolute Gasteiger partial charge is 0.211 e. The lowest BCUT2D eigenvalue weighted by atomic mass is 10.1. The van der Waals surface area contributed by atoms with Crippen molar-refractivity contribution in [2.24, 2.45) is 7.05 Å². The molecule has 3 heteroatoms. The third-order valence-corrected chi connectivity index (χ3v) is 3.22. The molecule has 3 nitrogen and oxygen atoms in total. The summed E-state index contributed by atoms with van der Waals surface area (Å²) in [4.78, 5) is 12.5. The molecule has 0 fully saturated rings. The fraction of sp³-hybridized carbons (Fsp3) is 0.0588. The molecule has 1 aromatic heterocycles. The molecule has 0 saturated carbocycles. The fourth-order valence-electron chi connectivity index (χ4n) is 2.17. The molecular formula is C17H14N2O. The quantitative estimate of drug-likeness (QED) is 0.679. The molecule has 0 unspecified atom stereocenters. The van der Waals surface area contributed by atoms with Crippen molar-refractivity contribution in [1.29, 1.82) is 0 Å². The first kappa shape index (κ1) is 12.4. The molecule has 3 aromatic rings. The van der Waals surface area contributed by atoms with Crippen molar-refractivity contribution in [2.45, 2.75) is 0 Å². The summed E-state index contributed by atoms with van der Waals surface area (Å²) < 4.78 is 1.64. The van der Waals surface area contributed by atoms with Crippen LogP contribution < -0.4 is 0 Å². The zero-order valence-corrected chi connectivity index (χ0v) is 11.2. The third kappa shape index (κ3) is 2.26. The van der Waals surface area contributed by atoms with Gasteiger partial charge in [-0.1, -0.05) is 60.7 Å². The van der Waals surface area contributed by atoms with E-state index in [0.717, 1.165) is 11.3 Å². The van der Waals surface area contributed by atoms with Crippen molar-refractivity contribution in [2.75, 3.05) is 0 Å². The van der Waals surface area contributed by atoms with E-state index in [2.05, 4.69) is 5.10 Å². The van der Waals surface area contributed by atoms with Crippen molar-refractivity contribution < 1.29 is 4.79 Å². The maximum absolute atomic E-state index is 12.5. The minimum absolute atomic E-state index is 0.0113. The van der Waals surface area contributed by atoms with Gasteiger partial charge in [-0.15, -0.1) is 0 Å². The van der Waals surface area contributed by atoms with E-state index in [0.29, 0.717) is 11.3 Å². The Kier molecular flexibility index (Phi) is 3.17. The van der Waals surface area contributed by atoms with E-state index in [9.17, 15) is 4.79 Å². The van der Waals surface area contributed by atoms with Gasteiger partial charge in [0.25, 0.3) is 0 Å². The van der Waals surface area contributed by atoms with Crippen LogP contribution in [-0.2, 0) is 7.05 Å². The number of hydrogen-bond donors (Lipinski definition) is 0. The Labute approximate surface area is 117 Å². The molecule has 0 atom stereocenters. The molecule has 1 heterocycles. The molecule has 0 amide bonds. The standard InChI is InChI=1S/C17H14N2O/c1-19-16(17(20)14-10-6-3-7-11-14)12-15(18-19)13-8-4-2-5-9-13/h2-12H,1H3. The summed E-state index contributed by atoms with van der Waals surface area (Å²) in [6.45, 7) is 0. The average Bonchev–Trinajstić information content (AvgIpc) is 2.90. The van der Waals surface area contributed by atoms with Gasteiger partial charge in [-0.25, -0.2) is 0 Å². The minimum Gasteiger partial charge on any atom is -0.287 e. The second-order valence-corrected chi connectivity index (χ2v) is 4.60. The number of carbonyl (C=O) groups is 1.